The topological polar surface area (TPSA) is 148 Å². The molecule has 0 aliphatic rings. The predicted molar refractivity (Wildman–Crippen MR) is 108 cm³/mol. The van der Waals surface area contributed by atoms with Crippen molar-refractivity contribution in [1.82, 2.24) is 10.6 Å². The van der Waals surface area contributed by atoms with Gasteiger partial charge in [-0.05, 0) is 62.7 Å². The molecule has 0 aliphatic heterocycles. The number of hydrogen-bond acceptors (Lipinski definition) is 7. The number of thioether (sulfide) groups is 2. The van der Waals surface area contributed by atoms with Crippen LogP contribution < -0.4 is 22.1 Å². The second kappa shape index (κ2) is 15.1. The van der Waals surface area contributed by atoms with Crippen molar-refractivity contribution in [2.75, 3.05) is 30.6 Å². The normalized spacial score (nSPS) is 14.3. The van der Waals surface area contributed by atoms with Gasteiger partial charge in [-0.2, -0.15) is 23.5 Å². The van der Waals surface area contributed by atoms with Crippen LogP contribution in [0.25, 0.3) is 0 Å². The molecule has 0 aromatic rings. The minimum Gasteiger partial charge on any atom is -0.480 e. The zero-order valence-electron chi connectivity index (χ0n) is 15.5. The number of carboxylic acid groups (broad SMARTS) is 1. The Morgan fingerprint density at radius 2 is 1.50 bits per heavy atom. The van der Waals surface area contributed by atoms with Crippen LogP contribution in [-0.2, 0) is 14.4 Å². The highest BCUT2D eigenvalue weighted by Gasteiger charge is 2.27. The number of nitrogens with two attached hydrogens (primary N) is 2. The molecule has 0 heterocycles. The molecule has 0 unspecified atom stereocenters. The monoisotopic (exact) mass is 408 g/mol. The predicted octanol–water partition coefficient (Wildman–Crippen LogP) is 0.00310. The molecule has 2 amide bonds. The Labute approximate surface area is 164 Å². The van der Waals surface area contributed by atoms with Gasteiger partial charge in [0.2, 0.25) is 11.8 Å². The highest BCUT2D eigenvalue weighted by atomic mass is 32.2. The van der Waals surface area contributed by atoms with E-state index in [1.807, 2.05) is 12.5 Å². The molecule has 7 N–H and O–H groups in total. The van der Waals surface area contributed by atoms with Gasteiger partial charge in [-0.25, -0.2) is 4.79 Å². The third-order valence-electron chi connectivity index (χ3n) is 3.77. The van der Waals surface area contributed by atoms with Gasteiger partial charge in [0.1, 0.15) is 12.1 Å². The first kappa shape index (κ1) is 25.0. The van der Waals surface area contributed by atoms with Crippen LogP contribution in [0.15, 0.2) is 0 Å². The van der Waals surface area contributed by atoms with Crippen molar-refractivity contribution in [2.24, 2.45) is 11.5 Å². The van der Waals surface area contributed by atoms with Gasteiger partial charge in [0, 0.05) is 0 Å². The molecule has 0 spiro atoms. The molecule has 26 heavy (non-hydrogen) atoms. The molecule has 8 nitrogen and oxygen atoms in total. The largest absolute Gasteiger partial charge is 0.480 e. The van der Waals surface area contributed by atoms with Crippen LogP contribution in [0, 0.1) is 0 Å². The first-order valence-corrected chi connectivity index (χ1v) is 11.4. The van der Waals surface area contributed by atoms with Crippen molar-refractivity contribution >= 4 is 41.3 Å². The van der Waals surface area contributed by atoms with Gasteiger partial charge in [0.15, 0.2) is 0 Å². The lowest BCUT2D eigenvalue weighted by Crippen LogP contribution is -2.54. The van der Waals surface area contributed by atoms with Crippen molar-refractivity contribution in [3.05, 3.63) is 0 Å². The van der Waals surface area contributed by atoms with Gasteiger partial charge in [-0.3, -0.25) is 9.59 Å². The average molecular weight is 409 g/mol. The van der Waals surface area contributed by atoms with E-state index in [0.29, 0.717) is 44.4 Å². The summed E-state index contributed by atoms with van der Waals surface area (Å²) in [5.74, 6) is -0.580. The van der Waals surface area contributed by atoms with Crippen molar-refractivity contribution in [1.29, 1.82) is 0 Å². The van der Waals surface area contributed by atoms with E-state index in [-0.39, 0.29) is 0 Å². The standard InChI is InChI=1S/C16H32N4O4S2/c1-25-9-6-11(18)14(21)19-12(7-10-26-2)15(22)20-13(16(23)24)5-3-4-8-17/h11-13H,3-10,17-18H2,1-2H3,(H,19,21)(H,20,22)(H,23,24)/t11-,12-,13-/m0/s1. The molecule has 0 fully saturated rings. The smallest absolute Gasteiger partial charge is 0.326 e. The number of carboxylic acids is 1. The van der Waals surface area contributed by atoms with E-state index in [0.717, 1.165) is 5.75 Å². The summed E-state index contributed by atoms with van der Waals surface area (Å²) in [5, 5.41) is 14.5. The Kier molecular flexibility index (Phi) is 14.6. The van der Waals surface area contributed by atoms with Gasteiger partial charge < -0.3 is 27.2 Å². The van der Waals surface area contributed by atoms with E-state index in [9.17, 15) is 19.5 Å². The molecule has 0 aromatic carbocycles. The summed E-state index contributed by atoms with van der Waals surface area (Å²) in [6.45, 7) is 0.473. The Balaban J connectivity index is 4.83. The SMILES string of the molecule is CSCC[C@H](NC(=O)[C@@H](N)CCSC)C(=O)N[C@@H](CCCCN)C(=O)O. The zero-order chi connectivity index (χ0) is 19.9. The van der Waals surface area contributed by atoms with E-state index in [4.69, 9.17) is 11.5 Å². The number of nitrogens with one attached hydrogen (secondary N) is 2. The second-order valence-corrected chi connectivity index (χ2v) is 7.89. The quantitative estimate of drug-likeness (QED) is 0.238. The molecule has 3 atom stereocenters. The molecule has 0 rings (SSSR count). The van der Waals surface area contributed by atoms with Crippen LogP contribution in [0.5, 0.6) is 0 Å². The Bertz CT molecular complexity index is 440. The molecule has 0 aromatic heterocycles. The van der Waals surface area contributed by atoms with E-state index in [1.54, 1.807) is 23.5 Å². The molecule has 0 saturated carbocycles. The maximum absolute atomic E-state index is 12.5. The molecule has 0 radical (unpaired) electrons. The lowest BCUT2D eigenvalue weighted by molar-refractivity contribution is -0.142. The van der Waals surface area contributed by atoms with Crippen molar-refractivity contribution < 1.29 is 19.5 Å². The summed E-state index contributed by atoms with van der Waals surface area (Å²) >= 11 is 3.13. The Morgan fingerprint density at radius 1 is 0.923 bits per heavy atom. The zero-order valence-corrected chi connectivity index (χ0v) is 17.2. The van der Waals surface area contributed by atoms with Gasteiger partial charge >= 0.3 is 5.97 Å². The van der Waals surface area contributed by atoms with E-state index in [1.165, 1.54) is 0 Å². The molecule has 0 aliphatic carbocycles. The minimum atomic E-state index is -1.10. The minimum absolute atomic E-state index is 0.300. The van der Waals surface area contributed by atoms with Crippen LogP contribution in [0.1, 0.15) is 32.1 Å². The number of amides is 2. The number of hydrogen-bond donors (Lipinski definition) is 5. The van der Waals surface area contributed by atoms with E-state index < -0.39 is 35.9 Å². The average Bonchev–Trinajstić information content (AvgIpc) is 2.61. The fourth-order valence-corrected chi connectivity index (χ4v) is 3.14. The lowest BCUT2D eigenvalue weighted by Gasteiger charge is -2.22. The van der Waals surface area contributed by atoms with Crippen molar-refractivity contribution in [2.45, 2.75) is 50.2 Å². The highest BCUT2D eigenvalue weighted by Crippen LogP contribution is 2.06. The summed E-state index contributed by atoms with van der Waals surface area (Å²) in [7, 11) is 0. The summed E-state index contributed by atoms with van der Waals surface area (Å²) in [6, 6.07) is -2.48. The van der Waals surface area contributed by atoms with Gasteiger partial charge in [-0.15, -0.1) is 0 Å². The summed E-state index contributed by atoms with van der Waals surface area (Å²) in [6.07, 6.45) is 6.34. The highest BCUT2D eigenvalue weighted by molar-refractivity contribution is 7.98. The van der Waals surface area contributed by atoms with Gasteiger partial charge in [-0.1, -0.05) is 0 Å². The lowest BCUT2D eigenvalue weighted by atomic mass is 10.1. The molecular formula is C16H32N4O4S2. The van der Waals surface area contributed by atoms with Crippen molar-refractivity contribution in [3.8, 4) is 0 Å². The van der Waals surface area contributed by atoms with Crippen LogP contribution in [-0.4, -0.2) is 71.6 Å². The van der Waals surface area contributed by atoms with Crippen LogP contribution in [0.2, 0.25) is 0 Å². The second-order valence-electron chi connectivity index (χ2n) is 5.91. The van der Waals surface area contributed by atoms with Crippen LogP contribution >= 0.6 is 23.5 Å². The summed E-state index contributed by atoms with van der Waals surface area (Å²) in [4.78, 5) is 36.1. The first-order valence-electron chi connectivity index (χ1n) is 8.64. The maximum Gasteiger partial charge on any atom is 0.326 e. The fourth-order valence-electron chi connectivity index (χ4n) is 2.18. The molecule has 10 heteroatoms. The number of carbonyl (C=O) groups is 3. The molecule has 0 bridgehead atoms. The van der Waals surface area contributed by atoms with Crippen molar-refractivity contribution in [3.63, 3.8) is 0 Å². The Hall–Kier alpha value is -0.970. The van der Waals surface area contributed by atoms with Gasteiger partial charge in [0.05, 0.1) is 6.04 Å². The van der Waals surface area contributed by atoms with Crippen LogP contribution in [0.3, 0.4) is 0 Å². The fraction of sp³-hybridized carbons (Fsp3) is 0.812. The maximum atomic E-state index is 12.5. The van der Waals surface area contributed by atoms with E-state index >= 15 is 0 Å². The Morgan fingerprint density at radius 3 is 2.04 bits per heavy atom. The van der Waals surface area contributed by atoms with E-state index in [2.05, 4.69) is 10.6 Å². The summed E-state index contributed by atoms with van der Waals surface area (Å²) in [5.41, 5.74) is 11.3. The van der Waals surface area contributed by atoms with Gasteiger partial charge in [0.25, 0.3) is 0 Å². The molecule has 0 saturated heterocycles. The molecular weight excluding hydrogens is 376 g/mol. The van der Waals surface area contributed by atoms with Crippen LogP contribution in [0.4, 0.5) is 0 Å². The first-order chi connectivity index (χ1) is 12.4. The number of rotatable bonds is 15. The number of unbranched alkanes of at least 4 members (excludes halogenated alkanes) is 1. The third-order valence-corrected chi connectivity index (χ3v) is 5.06. The third kappa shape index (κ3) is 10.9. The summed E-state index contributed by atoms with van der Waals surface area (Å²) < 4.78 is 0. The number of carbonyl (C=O) groups excluding carboxylic acids is 2. The number of aliphatic carboxylic acids is 1. The molecule has 152 valence electrons.